The summed E-state index contributed by atoms with van der Waals surface area (Å²) < 4.78 is 26.9. The summed E-state index contributed by atoms with van der Waals surface area (Å²) in [5.74, 6) is -0.491. The minimum absolute atomic E-state index is 0.144. The molecule has 1 atom stereocenters. The van der Waals surface area contributed by atoms with Crippen LogP contribution in [0, 0.1) is 12.7 Å². The molecule has 0 saturated heterocycles. The molecule has 4 aromatic rings. The molecule has 1 unspecified atom stereocenters. The van der Waals surface area contributed by atoms with Crippen molar-refractivity contribution in [2.24, 2.45) is 0 Å². The first-order valence-electron chi connectivity index (χ1n) is 7.45. The number of nitrogens with one attached hydrogen (secondary N) is 2. The number of pyridine rings is 1. The topological polar surface area (TPSA) is 89.5 Å². The maximum atomic E-state index is 14.9. The number of halogens is 1. The van der Waals surface area contributed by atoms with Gasteiger partial charge in [-0.05, 0) is 30.2 Å². The van der Waals surface area contributed by atoms with E-state index in [0.29, 0.717) is 27.7 Å². The van der Waals surface area contributed by atoms with E-state index < -0.39 is 17.0 Å². The van der Waals surface area contributed by atoms with Gasteiger partial charge in [0.25, 0.3) is 0 Å². The smallest absolute Gasteiger partial charge is 0.214 e. The fourth-order valence-electron chi connectivity index (χ4n) is 2.90. The Morgan fingerprint density at radius 2 is 2.12 bits per heavy atom. The summed E-state index contributed by atoms with van der Waals surface area (Å²) in [4.78, 5) is 9.97. The molecule has 3 heterocycles. The van der Waals surface area contributed by atoms with Gasteiger partial charge in [0.1, 0.15) is 22.1 Å². The van der Waals surface area contributed by atoms with Gasteiger partial charge in [-0.1, -0.05) is 11.3 Å². The van der Waals surface area contributed by atoms with Crippen molar-refractivity contribution >= 4 is 48.9 Å². The number of H-pyrrole nitrogens is 1. The van der Waals surface area contributed by atoms with Gasteiger partial charge in [0.05, 0.1) is 11.9 Å². The fraction of sp³-hybridized carbons (Fsp3) is 0.188. The summed E-state index contributed by atoms with van der Waals surface area (Å²) >= 11 is -0.0390. The van der Waals surface area contributed by atoms with Crippen LogP contribution in [0.15, 0.2) is 23.2 Å². The molecule has 6 nitrogen and oxygen atoms in total. The van der Waals surface area contributed by atoms with E-state index >= 15 is 0 Å². The molecule has 0 aliphatic rings. The lowest BCUT2D eigenvalue weighted by Gasteiger charge is -2.13. The van der Waals surface area contributed by atoms with Gasteiger partial charge < -0.3 is 9.87 Å². The summed E-state index contributed by atoms with van der Waals surface area (Å²) in [7, 11) is 1.80. The molecule has 0 aliphatic carbocycles. The van der Waals surface area contributed by atoms with Crippen LogP contribution in [0.25, 0.3) is 32.5 Å². The highest BCUT2D eigenvalue weighted by Gasteiger charge is 2.26. The van der Waals surface area contributed by atoms with Gasteiger partial charge in [-0.15, -0.1) is 0 Å². The molecule has 0 saturated carbocycles. The summed E-state index contributed by atoms with van der Waals surface area (Å²) in [6.45, 7) is 1.67. The van der Waals surface area contributed by atoms with Crippen LogP contribution in [0.2, 0.25) is 0 Å². The molecule has 4 rings (SSSR count). The van der Waals surface area contributed by atoms with Crippen molar-refractivity contribution in [3.63, 3.8) is 0 Å². The number of hydrogen-bond acceptors (Lipinski definition) is 6. The van der Waals surface area contributed by atoms with E-state index in [9.17, 15) is 8.94 Å². The summed E-state index contributed by atoms with van der Waals surface area (Å²) in [6.07, 6.45) is 3.07. The van der Waals surface area contributed by atoms with Gasteiger partial charge in [0.2, 0.25) is 4.90 Å². The number of benzene rings is 1. The molecule has 3 aromatic heterocycles. The number of anilines is 1. The van der Waals surface area contributed by atoms with Gasteiger partial charge in [-0.2, -0.15) is 5.10 Å². The lowest BCUT2D eigenvalue weighted by atomic mass is 10.00. The first-order chi connectivity index (χ1) is 12.0. The highest BCUT2D eigenvalue weighted by molar-refractivity contribution is 7.91. The van der Waals surface area contributed by atoms with E-state index in [4.69, 9.17) is 0 Å². The summed E-state index contributed by atoms with van der Waals surface area (Å²) in [5, 5.41) is 11.3. The third-order valence-corrected chi connectivity index (χ3v) is 5.99. The molecule has 128 valence electrons. The highest BCUT2D eigenvalue weighted by atomic mass is 32.2. The molecule has 0 amide bonds. The van der Waals surface area contributed by atoms with Crippen LogP contribution in [-0.4, -0.2) is 38.0 Å². The first kappa shape index (κ1) is 16.2. The molecule has 0 radical (unpaired) electrons. The van der Waals surface area contributed by atoms with E-state index in [1.165, 1.54) is 17.6 Å². The Balaban J connectivity index is 2.02. The minimum atomic E-state index is -1.47. The molecule has 0 fully saturated rings. The summed E-state index contributed by atoms with van der Waals surface area (Å²) in [6, 6.07) is 3.68. The number of aromatic amines is 1. The van der Waals surface area contributed by atoms with Crippen LogP contribution < -0.4 is 5.32 Å². The third-order valence-electron chi connectivity index (χ3n) is 4.05. The van der Waals surface area contributed by atoms with Crippen molar-refractivity contribution in [3.8, 4) is 11.3 Å². The Kier molecular flexibility index (Phi) is 3.86. The average molecular weight is 375 g/mol. The molecule has 0 bridgehead atoms. The van der Waals surface area contributed by atoms with Crippen LogP contribution in [0.4, 0.5) is 9.52 Å². The molecular formula is C16H14FN5OS2. The maximum absolute atomic E-state index is 14.9. The fourth-order valence-corrected chi connectivity index (χ4v) is 4.54. The van der Waals surface area contributed by atoms with Crippen LogP contribution in [-0.2, 0) is 11.2 Å². The second kappa shape index (κ2) is 5.94. The second-order valence-corrected chi connectivity index (χ2v) is 7.84. The third kappa shape index (κ3) is 2.46. The maximum Gasteiger partial charge on any atom is 0.214 e. The van der Waals surface area contributed by atoms with Crippen molar-refractivity contribution in [2.75, 3.05) is 18.6 Å². The van der Waals surface area contributed by atoms with Crippen LogP contribution in [0.1, 0.15) is 5.56 Å². The van der Waals surface area contributed by atoms with Crippen molar-refractivity contribution < 1.29 is 8.94 Å². The van der Waals surface area contributed by atoms with Gasteiger partial charge in [-0.25, -0.2) is 14.4 Å². The predicted octanol–water partition coefficient (Wildman–Crippen LogP) is 3.46. The standard InChI is InChI=1S/C16H14FN5OS2/c1-7-11(8-6-19-22-13(8)14(12(7)17)25(3)23)9-4-5-10-15(20-9)24-16(18-2)21-10/h4-6H,1-3H3,(H,18,21)(H,19,22). The Hall–Kier alpha value is -2.23. The highest BCUT2D eigenvalue weighted by Crippen LogP contribution is 2.37. The molecule has 25 heavy (non-hydrogen) atoms. The Bertz CT molecular complexity index is 1100. The number of rotatable bonds is 3. The number of fused-ring (bicyclic) bond motifs is 2. The van der Waals surface area contributed by atoms with Gasteiger partial charge in [-0.3, -0.25) is 5.10 Å². The van der Waals surface area contributed by atoms with Crippen molar-refractivity contribution in [3.05, 3.63) is 29.7 Å². The molecule has 0 spiro atoms. The van der Waals surface area contributed by atoms with Crippen LogP contribution >= 0.6 is 11.3 Å². The van der Waals surface area contributed by atoms with Gasteiger partial charge in [0, 0.05) is 23.6 Å². The largest absolute Gasteiger partial charge is 0.612 e. The average Bonchev–Trinajstić information content (AvgIpc) is 3.21. The van der Waals surface area contributed by atoms with E-state index in [1.54, 1.807) is 20.2 Å². The number of nitrogens with zero attached hydrogens (tertiary/aromatic N) is 3. The Labute approximate surface area is 149 Å². The SMILES string of the molecule is CNc1nc2ccc(-c3c(C)c(F)c([S+](C)[O-])c4[nH]ncc34)nc2s1. The predicted molar refractivity (Wildman–Crippen MR) is 99.1 cm³/mol. The quantitative estimate of drug-likeness (QED) is 0.535. The molecular weight excluding hydrogens is 361 g/mol. The van der Waals surface area contributed by atoms with E-state index in [1.807, 2.05) is 12.1 Å². The first-order valence-corrected chi connectivity index (χ1v) is 9.83. The Morgan fingerprint density at radius 3 is 2.84 bits per heavy atom. The number of aromatic nitrogens is 4. The molecule has 0 aliphatic heterocycles. The van der Waals surface area contributed by atoms with Gasteiger partial charge in [0.15, 0.2) is 10.9 Å². The zero-order valence-electron chi connectivity index (χ0n) is 13.7. The van der Waals surface area contributed by atoms with Crippen molar-refractivity contribution in [1.29, 1.82) is 0 Å². The number of hydrogen-bond donors (Lipinski definition) is 2. The van der Waals surface area contributed by atoms with Crippen molar-refractivity contribution in [2.45, 2.75) is 11.8 Å². The summed E-state index contributed by atoms with van der Waals surface area (Å²) in [5.41, 5.74) is 2.92. The van der Waals surface area contributed by atoms with Crippen LogP contribution in [0.5, 0.6) is 0 Å². The zero-order valence-corrected chi connectivity index (χ0v) is 15.3. The second-order valence-electron chi connectivity index (χ2n) is 5.55. The lowest BCUT2D eigenvalue weighted by Crippen LogP contribution is -2.05. The van der Waals surface area contributed by atoms with Crippen molar-refractivity contribution in [1.82, 2.24) is 20.2 Å². The van der Waals surface area contributed by atoms with E-state index in [2.05, 4.69) is 25.5 Å². The normalized spacial score (nSPS) is 12.8. The monoisotopic (exact) mass is 375 g/mol. The number of thiazole rings is 1. The van der Waals surface area contributed by atoms with Crippen LogP contribution in [0.3, 0.4) is 0 Å². The molecule has 1 aromatic carbocycles. The van der Waals surface area contributed by atoms with E-state index in [0.717, 1.165) is 15.5 Å². The Morgan fingerprint density at radius 1 is 1.32 bits per heavy atom. The molecule has 9 heteroatoms. The van der Waals surface area contributed by atoms with Gasteiger partial charge >= 0.3 is 0 Å². The minimum Gasteiger partial charge on any atom is -0.612 e. The zero-order chi connectivity index (χ0) is 17.7. The molecule has 2 N–H and O–H groups in total. The van der Waals surface area contributed by atoms with E-state index in [-0.39, 0.29) is 4.90 Å². The lowest BCUT2D eigenvalue weighted by molar-refractivity contribution is 0.568.